The van der Waals surface area contributed by atoms with E-state index in [1.54, 1.807) is 43.0 Å². The summed E-state index contributed by atoms with van der Waals surface area (Å²) in [5.41, 5.74) is -0.600. The zero-order valence-electron chi connectivity index (χ0n) is 18.1. The van der Waals surface area contributed by atoms with Gasteiger partial charge in [0.25, 0.3) is 5.56 Å². The van der Waals surface area contributed by atoms with Crippen molar-refractivity contribution in [3.05, 3.63) is 45.1 Å². The molecular formula is C21H29N5O5. The lowest BCUT2D eigenvalue weighted by Gasteiger charge is -2.16. The van der Waals surface area contributed by atoms with Crippen LogP contribution in [-0.2, 0) is 13.6 Å². The average Bonchev–Trinajstić information content (AvgIpc) is 3.12. The maximum Gasteiger partial charge on any atom is 0.329 e. The van der Waals surface area contributed by atoms with Gasteiger partial charge >= 0.3 is 5.69 Å². The molecule has 31 heavy (non-hydrogen) atoms. The van der Waals surface area contributed by atoms with Gasteiger partial charge in [0, 0.05) is 13.6 Å². The monoisotopic (exact) mass is 431 g/mol. The molecule has 0 aliphatic carbocycles. The Labute approximate surface area is 179 Å². The Morgan fingerprint density at radius 2 is 1.90 bits per heavy atom. The number of ether oxygens (including phenoxy) is 2. The van der Waals surface area contributed by atoms with Gasteiger partial charge in [0.05, 0.1) is 13.7 Å². The zero-order valence-corrected chi connectivity index (χ0v) is 18.1. The van der Waals surface area contributed by atoms with Crippen molar-refractivity contribution in [1.29, 1.82) is 0 Å². The predicted molar refractivity (Wildman–Crippen MR) is 118 cm³/mol. The number of hydrogen-bond donors (Lipinski definition) is 3. The summed E-state index contributed by atoms with van der Waals surface area (Å²) in [4.78, 5) is 31.2. The van der Waals surface area contributed by atoms with Crippen LogP contribution in [0.1, 0.15) is 26.2 Å². The van der Waals surface area contributed by atoms with Crippen molar-refractivity contribution >= 4 is 17.1 Å². The molecule has 0 aliphatic heterocycles. The summed E-state index contributed by atoms with van der Waals surface area (Å²) in [6.45, 7) is 2.88. The van der Waals surface area contributed by atoms with Crippen molar-refractivity contribution in [3.63, 3.8) is 0 Å². The first-order valence-electron chi connectivity index (χ1n) is 10.3. The number of nitrogens with one attached hydrogen (secondary N) is 2. The van der Waals surface area contributed by atoms with E-state index in [1.807, 2.05) is 0 Å². The molecule has 2 heterocycles. The molecule has 0 radical (unpaired) electrons. The predicted octanol–water partition coefficient (Wildman–Crippen LogP) is 1.47. The van der Waals surface area contributed by atoms with Crippen LogP contribution in [0.2, 0.25) is 0 Å². The zero-order chi connectivity index (χ0) is 22.4. The minimum absolute atomic E-state index is 0.0188. The highest BCUT2D eigenvalue weighted by atomic mass is 16.5. The van der Waals surface area contributed by atoms with Gasteiger partial charge in [-0.05, 0) is 30.7 Å². The lowest BCUT2D eigenvalue weighted by Crippen LogP contribution is -2.31. The number of rotatable bonds is 11. The largest absolute Gasteiger partial charge is 0.497 e. The van der Waals surface area contributed by atoms with Gasteiger partial charge in [-0.3, -0.25) is 14.3 Å². The smallest absolute Gasteiger partial charge is 0.329 e. The lowest BCUT2D eigenvalue weighted by molar-refractivity contribution is 0.0938. The Kier molecular flexibility index (Phi) is 7.35. The molecule has 168 valence electrons. The Hall–Kier alpha value is -3.27. The van der Waals surface area contributed by atoms with E-state index in [4.69, 9.17) is 9.47 Å². The van der Waals surface area contributed by atoms with E-state index in [9.17, 15) is 14.7 Å². The highest BCUT2D eigenvalue weighted by molar-refractivity contribution is 5.74. The quantitative estimate of drug-likeness (QED) is 0.393. The lowest BCUT2D eigenvalue weighted by atomic mass is 10.2. The van der Waals surface area contributed by atoms with Crippen LogP contribution >= 0.6 is 0 Å². The number of benzene rings is 1. The third kappa shape index (κ3) is 5.26. The summed E-state index contributed by atoms with van der Waals surface area (Å²) < 4.78 is 13.7. The van der Waals surface area contributed by atoms with Gasteiger partial charge in [0.15, 0.2) is 11.2 Å². The van der Waals surface area contributed by atoms with Crippen LogP contribution in [0.5, 0.6) is 11.5 Å². The summed E-state index contributed by atoms with van der Waals surface area (Å²) >= 11 is 0. The number of aliphatic hydroxyl groups excluding tert-OH is 1. The second kappa shape index (κ2) is 10.2. The number of aromatic nitrogens is 4. The molecule has 0 saturated carbocycles. The number of aryl methyl sites for hydroxylation is 1. The molecule has 1 aromatic carbocycles. The number of aliphatic hydroxyl groups is 1. The number of unbranched alkanes of at least 4 members (excludes halogenated alkanes) is 2. The van der Waals surface area contributed by atoms with Crippen LogP contribution in [0, 0.1) is 0 Å². The first-order valence-corrected chi connectivity index (χ1v) is 10.3. The molecule has 10 heteroatoms. The maximum absolute atomic E-state index is 12.5. The number of imidazole rings is 1. The molecule has 1 unspecified atom stereocenters. The number of nitrogens with zero attached hydrogens (tertiary/aromatic N) is 3. The Morgan fingerprint density at radius 1 is 1.19 bits per heavy atom. The normalized spacial score (nSPS) is 12.1. The average molecular weight is 431 g/mol. The van der Waals surface area contributed by atoms with E-state index in [0.29, 0.717) is 24.0 Å². The molecule has 0 fully saturated rings. The van der Waals surface area contributed by atoms with Crippen molar-refractivity contribution in [2.75, 3.05) is 25.6 Å². The van der Waals surface area contributed by atoms with Crippen LogP contribution in [0.25, 0.3) is 11.2 Å². The molecule has 3 rings (SSSR count). The van der Waals surface area contributed by atoms with E-state index < -0.39 is 17.4 Å². The van der Waals surface area contributed by atoms with Gasteiger partial charge in [0.2, 0.25) is 5.95 Å². The van der Waals surface area contributed by atoms with Crippen molar-refractivity contribution in [2.45, 2.75) is 38.8 Å². The number of fused-ring (bicyclic) bond motifs is 1. The van der Waals surface area contributed by atoms with Crippen LogP contribution in [0.15, 0.2) is 33.9 Å². The van der Waals surface area contributed by atoms with E-state index >= 15 is 0 Å². The molecule has 10 nitrogen and oxygen atoms in total. The molecule has 0 amide bonds. The van der Waals surface area contributed by atoms with Crippen LogP contribution in [0.4, 0.5) is 5.95 Å². The second-order valence-corrected chi connectivity index (χ2v) is 7.31. The van der Waals surface area contributed by atoms with Gasteiger partial charge < -0.3 is 24.5 Å². The van der Waals surface area contributed by atoms with Crippen molar-refractivity contribution in [3.8, 4) is 11.5 Å². The summed E-state index contributed by atoms with van der Waals surface area (Å²) in [5.74, 6) is 1.73. The number of hydrogen-bond acceptors (Lipinski definition) is 7. The molecule has 3 N–H and O–H groups in total. The van der Waals surface area contributed by atoms with Crippen molar-refractivity contribution in [2.24, 2.45) is 7.05 Å². The first kappa shape index (κ1) is 22.4. The third-order valence-corrected chi connectivity index (χ3v) is 4.97. The topological polar surface area (TPSA) is 123 Å². The number of H-pyrrole nitrogens is 1. The van der Waals surface area contributed by atoms with E-state index in [-0.39, 0.29) is 24.3 Å². The molecule has 0 bridgehead atoms. The number of anilines is 1. The van der Waals surface area contributed by atoms with Gasteiger partial charge in [-0.15, -0.1) is 0 Å². The summed E-state index contributed by atoms with van der Waals surface area (Å²) in [5, 5.41) is 13.8. The van der Waals surface area contributed by atoms with Gasteiger partial charge in [0.1, 0.15) is 24.2 Å². The van der Waals surface area contributed by atoms with E-state index in [0.717, 1.165) is 19.3 Å². The molecule has 0 saturated heterocycles. The van der Waals surface area contributed by atoms with Crippen LogP contribution < -0.4 is 26.0 Å². The summed E-state index contributed by atoms with van der Waals surface area (Å²) in [6, 6.07) is 7.03. The first-order chi connectivity index (χ1) is 14.9. The summed E-state index contributed by atoms with van der Waals surface area (Å²) in [7, 11) is 3.13. The molecule has 0 spiro atoms. The van der Waals surface area contributed by atoms with Crippen molar-refractivity contribution < 1.29 is 14.6 Å². The fourth-order valence-electron chi connectivity index (χ4n) is 3.25. The van der Waals surface area contributed by atoms with Gasteiger partial charge in [-0.2, -0.15) is 4.98 Å². The Morgan fingerprint density at radius 3 is 2.58 bits per heavy atom. The van der Waals surface area contributed by atoms with Crippen LogP contribution in [0.3, 0.4) is 0 Å². The van der Waals surface area contributed by atoms with Gasteiger partial charge in [-0.25, -0.2) is 4.79 Å². The Bertz CT molecular complexity index is 1120. The fraction of sp³-hybridized carbons (Fsp3) is 0.476. The van der Waals surface area contributed by atoms with Crippen molar-refractivity contribution in [1.82, 2.24) is 19.1 Å². The molecule has 1 atom stereocenters. The molecule has 2 aromatic heterocycles. The molecule has 0 aliphatic rings. The maximum atomic E-state index is 12.5. The minimum Gasteiger partial charge on any atom is -0.497 e. The minimum atomic E-state index is -0.910. The number of methoxy groups -OCH3 is 1. The standard InChI is InChI=1S/C21H29N5O5/c1-4-5-6-11-22-20-23-18-17(19(28)24-21(29)25(18)2)26(20)12-14(27)13-31-16-9-7-15(30-3)8-10-16/h7-10,14,27H,4-6,11-13H2,1-3H3,(H,22,23)(H,24,28,29). The van der Waals surface area contributed by atoms with Gasteiger partial charge in [-0.1, -0.05) is 19.8 Å². The SMILES string of the molecule is CCCCCNc1nc2c(c(=O)[nH]c(=O)n2C)n1CC(O)COc1ccc(OC)cc1. The van der Waals surface area contributed by atoms with E-state index in [1.165, 1.54) is 4.57 Å². The highest BCUT2D eigenvalue weighted by Gasteiger charge is 2.19. The highest BCUT2D eigenvalue weighted by Crippen LogP contribution is 2.19. The molecule has 3 aromatic rings. The molecular weight excluding hydrogens is 402 g/mol. The fourth-order valence-corrected chi connectivity index (χ4v) is 3.25. The number of aromatic amines is 1. The summed E-state index contributed by atoms with van der Waals surface area (Å²) in [6.07, 6.45) is 2.17. The van der Waals surface area contributed by atoms with Crippen LogP contribution in [-0.4, -0.2) is 50.6 Å². The second-order valence-electron chi connectivity index (χ2n) is 7.31. The third-order valence-electron chi connectivity index (χ3n) is 4.97. The van der Waals surface area contributed by atoms with E-state index in [2.05, 4.69) is 22.2 Å². The Balaban J connectivity index is 1.81.